The minimum absolute atomic E-state index is 0.0177. The number of isocyanates is 1. The van der Waals surface area contributed by atoms with Crippen molar-refractivity contribution in [1.29, 1.82) is 5.26 Å². The molecule has 12 rings (SSSR count). The van der Waals surface area contributed by atoms with E-state index in [-0.39, 0.29) is 78.4 Å². The summed E-state index contributed by atoms with van der Waals surface area (Å²) in [7, 11) is -2.57. The van der Waals surface area contributed by atoms with Gasteiger partial charge >= 0.3 is 25.5 Å². The Morgan fingerprint density at radius 1 is 0.573 bits per heavy atom. The molecule has 1 saturated heterocycles. The Balaban J connectivity index is 0.000000243. The highest BCUT2D eigenvalue weighted by molar-refractivity contribution is 8.12. The number of amides is 4. The molecule has 3 heterocycles. The smallest absolute Gasteiger partial charge is 0.424 e. The van der Waals surface area contributed by atoms with Gasteiger partial charge in [-0.05, 0) is 166 Å². The second-order valence-corrected chi connectivity index (χ2v) is 33.1. The molecule has 34 heteroatoms. The van der Waals surface area contributed by atoms with E-state index >= 15 is 0 Å². The van der Waals surface area contributed by atoms with Gasteiger partial charge in [0.1, 0.15) is 23.9 Å². The molecule has 4 fully saturated rings. The van der Waals surface area contributed by atoms with Crippen LogP contribution in [0.5, 0.6) is 17.2 Å². The monoisotopic (exact) mass is 1700 g/mol. The van der Waals surface area contributed by atoms with Gasteiger partial charge in [0.05, 0.1) is 57.2 Å². The van der Waals surface area contributed by atoms with E-state index in [0.717, 1.165) is 71.2 Å². The molecule has 0 atom stereocenters. The summed E-state index contributed by atoms with van der Waals surface area (Å²) in [5.74, 6) is 1.48. The van der Waals surface area contributed by atoms with Gasteiger partial charge < -0.3 is 51.5 Å². The number of hydrogen-bond acceptors (Lipinski definition) is 21. The lowest BCUT2D eigenvalue weighted by Gasteiger charge is -2.41. The normalized spacial score (nSPS) is 19.2. The molecule has 11 N–H and O–H groups in total. The number of cyclic esters (lactones) is 1. The molecule has 3 aliphatic carbocycles. The summed E-state index contributed by atoms with van der Waals surface area (Å²) in [5, 5.41) is 24.4. The average molecular weight is 1710 g/mol. The van der Waals surface area contributed by atoms with Gasteiger partial charge in [-0.1, -0.05) is 132 Å². The molecule has 29 nitrogen and oxygen atoms in total. The number of hydrogen-bond donors (Lipinski definition) is 9. The van der Waals surface area contributed by atoms with Gasteiger partial charge in [0.2, 0.25) is 0 Å². The minimum atomic E-state index is -4.00. The molecule has 8 aromatic rings. The number of carbonyl (C=O) groups is 4. The number of nitrogens with one attached hydrogen (secondary N) is 6. The first-order valence-electron chi connectivity index (χ1n) is 37.6. The highest BCUT2D eigenvalue weighted by Crippen LogP contribution is 2.42. The topological polar surface area (TPSA) is 434 Å². The van der Waals surface area contributed by atoms with Crippen LogP contribution in [0.2, 0.25) is 0 Å². The summed E-state index contributed by atoms with van der Waals surface area (Å²) in [4.78, 5) is 67.2. The molecule has 6 aromatic carbocycles. The number of methoxy groups -OCH3 is 3. The van der Waals surface area contributed by atoms with Gasteiger partial charge in [-0.3, -0.25) is 24.4 Å². The number of nitriles is 1. The van der Waals surface area contributed by atoms with Crippen molar-refractivity contribution in [2.75, 3.05) is 66.6 Å². The van der Waals surface area contributed by atoms with Gasteiger partial charge in [0.15, 0.2) is 0 Å². The molecule has 2 aromatic heterocycles. The van der Waals surface area contributed by atoms with Crippen molar-refractivity contribution >= 4 is 81.8 Å². The maximum Gasteiger partial charge on any atom is 0.424 e. The van der Waals surface area contributed by atoms with Crippen LogP contribution in [0.3, 0.4) is 0 Å². The number of aliphatic hydroxyl groups excluding tert-OH is 1. The lowest BCUT2D eigenvalue weighted by Crippen LogP contribution is -2.50. The van der Waals surface area contributed by atoms with Gasteiger partial charge in [0.25, 0.3) is 34.0 Å². The Hall–Kier alpha value is -10.2. The molecule has 0 unspecified atom stereocenters. The third-order valence-corrected chi connectivity index (χ3v) is 23.3. The number of pyridine rings is 2. The van der Waals surface area contributed by atoms with Crippen molar-refractivity contribution in [3.63, 3.8) is 0 Å². The molecule has 0 spiro atoms. The Bertz CT molecular complexity index is 4810. The number of rotatable bonds is 26. The fraction of sp³-hybridized carbons (Fsp3) is 0.373. The number of ether oxygens (including phenoxy) is 4. The van der Waals surface area contributed by atoms with E-state index in [0.29, 0.717) is 105 Å². The zero-order valence-electron chi connectivity index (χ0n) is 65.7. The van der Waals surface area contributed by atoms with Gasteiger partial charge in [-0.15, -0.1) is 11.6 Å². The standard InChI is InChI=1S/C27H32N4O4S.C24H29N3O6S.C21H26N2O2.C6H8N2.C2H5ClO.C2H3N.CClNO3S/c1-35-25-10-6-5-9-24(25)26(32)29-20-27(22-7-3-2-4-8-22)15-11-23(12-16-27)31-36(33,34)30-19-21-13-17-28-18-14-21;1-32-21-10-6-5-9-20(21)22(28)25-17-24(18-7-3-2-4-8-18)13-11-19(12-14-24)26-34(30,31)27-15-16-33-23(27)29;1-25-19-10-6-5-9-18(19)20(24)23-15-21(13-11-17(22)12-14-21)16-7-3-2-4-8-16;7-5-6-1-3-8-4-2-6;3-1-2-4;1-2-3;2-7(5,6)3-1-4/h2-10,13-14,17-18,23,30-31H,11-12,15-16,19-20H2,1H3,(H,29,32);2-10,19,26H,11-17H2,1H3,(H,25,28);2-10,17H,11-15,22H2,1H3,(H,23,24);1-4H,5,7H2;4H,1-2H2;1H3;. The van der Waals surface area contributed by atoms with Crippen molar-refractivity contribution in [2.45, 2.75) is 131 Å². The predicted molar refractivity (Wildman–Crippen MR) is 449 cm³/mol. The van der Waals surface area contributed by atoms with Crippen LogP contribution in [0.4, 0.5) is 4.79 Å². The molecule has 0 bridgehead atoms. The number of benzene rings is 6. The molecule has 628 valence electrons. The fourth-order valence-electron chi connectivity index (χ4n) is 13.8. The summed E-state index contributed by atoms with van der Waals surface area (Å²) >= 11 is 4.94. The van der Waals surface area contributed by atoms with Crippen molar-refractivity contribution in [2.24, 2.45) is 15.9 Å². The third-order valence-electron chi connectivity index (χ3n) is 19.9. The zero-order chi connectivity index (χ0) is 85.2. The molecule has 117 heavy (non-hydrogen) atoms. The number of alkyl halides is 1. The van der Waals surface area contributed by atoms with Crippen molar-refractivity contribution in [3.8, 4) is 23.3 Å². The highest BCUT2D eigenvalue weighted by Gasteiger charge is 2.43. The summed E-state index contributed by atoms with van der Waals surface area (Å²) in [6.45, 7) is 3.87. The second-order valence-electron chi connectivity index (χ2n) is 27.4. The van der Waals surface area contributed by atoms with Crippen LogP contribution in [-0.4, -0.2) is 159 Å². The van der Waals surface area contributed by atoms with E-state index in [9.17, 15) is 44.4 Å². The van der Waals surface area contributed by atoms with Crippen LogP contribution in [0.25, 0.3) is 0 Å². The van der Waals surface area contributed by atoms with Crippen LogP contribution in [-0.2, 0) is 68.5 Å². The van der Waals surface area contributed by atoms with Crippen LogP contribution >= 0.6 is 22.3 Å². The van der Waals surface area contributed by atoms with E-state index in [1.165, 1.54) is 19.6 Å². The largest absolute Gasteiger partial charge is 0.496 e. The van der Waals surface area contributed by atoms with Crippen molar-refractivity contribution in [3.05, 3.63) is 257 Å². The maximum absolute atomic E-state index is 13.0. The maximum atomic E-state index is 13.0. The molecule has 0 radical (unpaired) electrons. The number of carbonyl (C=O) groups excluding carboxylic acids is 5. The van der Waals surface area contributed by atoms with Crippen LogP contribution in [0.1, 0.15) is 143 Å². The average Bonchev–Trinajstić information content (AvgIpc) is 1.32. The van der Waals surface area contributed by atoms with Crippen LogP contribution in [0.15, 0.2) is 217 Å². The first-order valence-corrected chi connectivity index (χ1v) is 43.3. The summed E-state index contributed by atoms with van der Waals surface area (Å²) in [5.41, 5.74) is 17.8. The number of aliphatic hydroxyl groups is 1. The molecule has 3 saturated carbocycles. The summed E-state index contributed by atoms with van der Waals surface area (Å²) in [6, 6.07) is 61.0. The quantitative estimate of drug-likeness (QED) is 0.0105. The van der Waals surface area contributed by atoms with Gasteiger partial charge in [0, 0.05) is 115 Å². The van der Waals surface area contributed by atoms with E-state index < -0.39 is 35.7 Å². The molecular formula is C83H103Cl2N13O16S3. The number of nitrogens with zero attached hydrogens (tertiary/aromatic N) is 5. The Labute approximate surface area is 695 Å². The Morgan fingerprint density at radius 3 is 1.21 bits per heavy atom. The van der Waals surface area contributed by atoms with Crippen LogP contribution in [0, 0.1) is 11.3 Å². The SMILES string of the molecule is CC#N.COc1ccccc1C(=O)NCC1(c2ccccc2)CCC(N)CC1.COc1ccccc1C(=O)NCC1(c2ccccc2)CCC(NS(=O)(=O)N2CCOC2=O)CC1.COc1ccccc1C(=O)NCC1(c2ccccc2)CCC(NS(=O)(=O)NCc2ccncc2)CC1.NCc1ccncc1.O=C=NS(=O)(=O)Cl.OCCCl. The van der Waals surface area contributed by atoms with E-state index in [2.05, 4.69) is 91.6 Å². The van der Waals surface area contributed by atoms with Crippen molar-refractivity contribution in [1.82, 2.24) is 44.4 Å². The molecule has 4 aliphatic rings. The molecular weight excluding hydrogens is 1600 g/mol. The predicted octanol–water partition coefficient (Wildman–Crippen LogP) is 10.3. The molecule has 4 amide bonds. The number of aromatic nitrogens is 2. The van der Waals surface area contributed by atoms with E-state index in [1.54, 1.807) is 93.6 Å². The highest BCUT2D eigenvalue weighted by atomic mass is 35.7. The van der Waals surface area contributed by atoms with Gasteiger partial charge in [-0.2, -0.15) is 49.0 Å². The van der Waals surface area contributed by atoms with Crippen LogP contribution < -0.4 is 55.8 Å². The number of para-hydroxylation sites is 3. The first-order chi connectivity index (χ1) is 56.2. The summed E-state index contributed by atoms with van der Waals surface area (Å²) < 4.78 is 101. The lowest BCUT2D eigenvalue weighted by molar-refractivity contribution is 0.0924. The van der Waals surface area contributed by atoms with Gasteiger partial charge in [-0.25, -0.2) is 9.59 Å². The van der Waals surface area contributed by atoms with Crippen molar-refractivity contribution < 1.29 is 73.3 Å². The number of halogens is 2. The molecule has 1 aliphatic heterocycles. The zero-order valence-corrected chi connectivity index (χ0v) is 69.7. The summed E-state index contributed by atoms with van der Waals surface area (Å²) in [6.07, 6.45) is 15.9. The second kappa shape index (κ2) is 49.1. The Kier molecular flexibility index (Phi) is 40.1. The third kappa shape index (κ3) is 31.0. The first kappa shape index (κ1) is 95.6. The minimum Gasteiger partial charge on any atom is -0.496 e. The lowest BCUT2D eigenvalue weighted by atomic mass is 9.68. The van der Waals surface area contributed by atoms with E-state index in [1.807, 2.05) is 103 Å². The number of nitrogens with two attached hydrogens (primary N) is 2. The van der Waals surface area contributed by atoms with E-state index in [4.69, 9.17) is 57.2 Å². The fourth-order valence-corrected chi connectivity index (χ4v) is 16.4. The Morgan fingerprint density at radius 2 is 0.906 bits per heavy atom.